The third-order valence-corrected chi connectivity index (χ3v) is 1.53. The lowest BCUT2D eigenvalue weighted by Gasteiger charge is -1.95. The molecule has 0 unspecified atom stereocenters. The number of hydrogen-bond donors (Lipinski definition) is 0. The number of carbonyl (C=O) groups excluding carboxylic acids is 1. The van der Waals surface area contributed by atoms with Crippen LogP contribution in [-0.2, 0) is 0 Å². The molecule has 1 heterocycles. The van der Waals surface area contributed by atoms with E-state index in [1.807, 2.05) is 6.92 Å². The molecule has 0 aliphatic heterocycles. The molecule has 0 amide bonds. The highest BCUT2D eigenvalue weighted by Gasteiger charge is 2.08. The minimum atomic E-state index is -0.0266. The molecule has 2 heteroatoms. The molecule has 0 N–H and O–H groups in total. The average Bonchev–Trinajstić information content (AvgIpc) is 2.53. The molecule has 0 atom stereocenters. The van der Waals surface area contributed by atoms with E-state index >= 15 is 0 Å². The van der Waals surface area contributed by atoms with Gasteiger partial charge in [-0.1, -0.05) is 13.5 Å². The molecule has 0 bridgehead atoms. The summed E-state index contributed by atoms with van der Waals surface area (Å²) in [6, 6.07) is 1.64. The molecule has 0 aliphatic carbocycles. The first kappa shape index (κ1) is 7.79. The Hall–Kier alpha value is -1.31. The lowest BCUT2D eigenvalue weighted by Crippen LogP contribution is -1.98. The van der Waals surface area contributed by atoms with Crippen LogP contribution in [0.3, 0.4) is 0 Å². The van der Waals surface area contributed by atoms with Crippen LogP contribution in [0.1, 0.15) is 23.7 Å². The summed E-state index contributed by atoms with van der Waals surface area (Å²) < 4.78 is 4.77. The van der Waals surface area contributed by atoms with E-state index in [4.69, 9.17) is 4.42 Å². The molecular weight excluding hydrogens is 140 g/mol. The Bertz CT molecular complexity index is 257. The fourth-order valence-electron chi connectivity index (χ4n) is 0.758. The summed E-state index contributed by atoms with van der Waals surface area (Å²) in [5.41, 5.74) is 1.20. The van der Waals surface area contributed by atoms with Gasteiger partial charge < -0.3 is 4.42 Å². The highest BCUT2D eigenvalue weighted by atomic mass is 16.3. The Morgan fingerprint density at radius 2 is 2.45 bits per heavy atom. The first-order chi connectivity index (χ1) is 5.25. The summed E-state index contributed by atoms with van der Waals surface area (Å²) in [6.45, 7) is 5.54. The van der Waals surface area contributed by atoms with E-state index in [-0.39, 0.29) is 5.78 Å². The van der Waals surface area contributed by atoms with Crippen molar-refractivity contribution in [3.8, 4) is 0 Å². The Morgan fingerprint density at radius 3 is 2.91 bits per heavy atom. The second-order valence-corrected chi connectivity index (χ2v) is 2.30. The number of ketones is 1. The van der Waals surface area contributed by atoms with Crippen molar-refractivity contribution in [2.45, 2.75) is 13.3 Å². The topological polar surface area (TPSA) is 30.2 Å². The van der Waals surface area contributed by atoms with Crippen LogP contribution in [0.25, 0.3) is 0 Å². The van der Waals surface area contributed by atoms with Crippen molar-refractivity contribution in [3.05, 3.63) is 36.3 Å². The maximum Gasteiger partial charge on any atom is 0.191 e. The number of furan rings is 1. The Morgan fingerprint density at radius 1 is 1.73 bits per heavy atom. The first-order valence-corrected chi connectivity index (χ1v) is 3.50. The van der Waals surface area contributed by atoms with Gasteiger partial charge >= 0.3 is 0 Å². The van der Waals surface area contributed by atoms with Crippen LogP contribution in [0.2, 0.25) is 0 Å². The molecule has 0 aliphatic rings. The van der Waals surface area contributed by atoms with Crippen molar-refractivity contribution in [1.82, 2.24) is 0 Å². The van der Waals surface area contributed by atoms with Crippen LogP contribution in [0.4, 0.5) is 0 Å². The van der Waals surface area contributed by atoms with Gasteiger partial charge in [-0.15, -0.1) is 0 Å². The van der Waals surface area contributed by atoms with E-state index in [0.717, 1.165) is 0 Å². The zero-order valence-electron chi connectivity index (χ0n) is 6.46. The van der Waals surface area contributed by atoms with Crippen LogP contribution in [-0.4, -0.2) is 5.78 Å². The second-order valence-electron chi connectivity index (χ2n) is 2.30. The summed E-state index contributed by atoms with van der Waals surface area (Å²) in [6.07, 6.45) is 3.60. The molecule has 0 fully saturated rings. The molecule has 0 saturated heterocycles. The monoisotopic (exact) mass is 150 g/mol. The molecule has 0 saturated carbocycles. The van der Waals surface area contributed by atoms with E-state index in [1.165, 1.54) is 12.5 Å². The number of hydrogen-bond acceptors (Lipinski definition) is 2. The Labute approximate surface area is 65.5 Å². The molecule has 2 nitrogen and oxygen atoms in total. The maximum atomic E-state index is 11.3. The number of allylic oxidation sites excluding steroid dienone is 1. The minimum Gasteiger partial charge on any atom is -0.472 e. The normalized spacial score (nSPS) is 9.55. The Balaban J connectivity index is 2.79. The van der Waals surface area contributed by atoms with Crippen LogP contribution < -0.4 is 0 Å². The van der Waals surface area contributed by atoms with Crippen LogP contribution >= 0.6 is 0 Å². The van der Waals surface area contributed by atoms with Gasteiger partial charge in [0.15, 0.2) is 5.78 Å². The summed E-state index contributed by atoms with van der Waals surface area (Å²) in [4.78, 5) is 11.3. The zero-order chi connectivity index (χ0) is 8.27. The van der Waals surface area contributed by atoms with E-state index in [9.17, 15) is 4.79 Å². The highest BCUT2D eigenvalue weighted by molar-refractivity contribution is 6.07. The predicted octanol–water partition coefficient (Wildman–Crippen LogP) is 2.43. The second kappa shape index (κ2) is 3.19. The van der Waals surface area contributed by atoms with E-state index in [2.05, 4.69) is 6.58 Å². The van der Waals surface area contributed by atoms with Crippen LogP contribution in [0.5, 0.6) is 0 Å². The summed E-state index contributed by atoms with van der Waals surface area (Å²) >= 11 is 0. The quantitative estimate of drug-likeness (QED) is 0.489. The van der Waals surface area contributed by atoms with Gasteiger partial charge in [0, 0.05) is 0 Å². The van der Waals surface area contributed by atoms with Gasteiger partial charge in [0.05, 0.1) is 11.8 Å². The minimum absolute atomic E-state index is 0.0266. The van der Waals surface area contributed by atoms with Crippen molar-refractivity contribution in [1.29, 1.82) is 0 Å². The molecule has 0 radical (unpaired) electrons. The molecule has 0 spiro atoms. The van der Waals surface area contributed by atoms with E-state index < -0.39 is 0 Å². The molecule has 1 rings (SSSR count). The standard InChI is InChI=1S/C9H10O2/c1-3-7(2)9(10)8-4-5-11-6-8/h4-6H,2-3H2,1H3. The number of carbonyl (C=O) groups is 1. The van der Waals surface area contributed by atoms with E-state index in [1.54, 1.807) is 6.07 Å². The lowest BCUT2D eigenvalue weighted by atomic mass is 10.1. The molecular formula is C9H10O2. The average molecular weight is 150 g/mol. The third kappa shape index (κ3) is 1.58. The van der Waals surface area contributed by atoms with Crippen LogP contribution in [0, 0.1) is 0 Å². The molecule has 11 heavy (non-hydrogen) atoms. The van der Waals surface area contributed by atoms with Gasteiger partial charge in [0.2, 0.25) is 0 Å². The van der Waals surface area contributed by atoms with Gasteiger partial charge in [-0.05, 0) is 18.1 Å². The predicted molar refractivity (Wildman–Crippen MR) is 42.5 cm³/mol. The SMILES string of the molecule is C=C(CC)C(=O)c1ccoc1. The molecule has 58 valence electrons. The maximum absolute atomic E-state index is 11.3. The lowest BCUT2D eigenvalue weighted by molar-refractivity contribution is 0.103. The fraction of sp³-hybridized carbons (Fsp3) is 0.222. The van der Waals surface area contributed by atoms with Crippen molar-refractivity contribution in [2.24, 2.45) is 0 Å². The highest BCUT2D eigenvalue weighted by Crippen LogP contribution is 2.09. The zero-order valence-corrected chi connectivity index (χ0v) is 6.46. The van der Waals surface area contributed by atoms with Crippen molar-refractivity contribution < 1.29 is 9.21 Å². The summed E-state index contributed by atoms with van der Waals surface area (Å²) in [5.74, 6) is -0.0266. The van der Waals surface area contributed by atoms with Gasteiger partial charge in [-0.3, -0.25) is 4.79 Å². The Kier molecular flexibility index (Phi) is 2.26. The molecule has 0 aromatic carbocycles. The smallest absolute Gasteiger partial charge is 0.191 e. The largest absolute Gasteiger partial charge is 0.472 e. The number of Topliss-reactive ketones (excluding diaryl/α,β-unsaturated/α-hetero) is 1. The molecule has 1 aromatic heterocycles. The van der Waals surface area contributed by atoms with E-state index in [0.29, 0.717) is 17.6 Å². The first-order valence-electron chi connectivity index (χ1n) is 3.50. The molecule has 1 aromatic rings. The van der Waals surface area contributed by atoms with Crippen molar-refractivity contribution in [2.75, 3.05) is 0 Å². The van der Waals surface area contributed by atoms with Crippen LogP contribution in [0.15, 0.2) is 35.2 Å². The van der Waals surface area contributed by atoms with Gasteiger partial charge in [-0.2, -0.15) is 0 Å². The third-order valence-electron chi connectivity index (χ3n) is 1.53. The summed E-state index contributed by atoms with van der Waals surface area (Å²) in [5, 5.41) is 0. The van der Waals surface area contributed by atoms with Crippen molar-refractivity contribution in [3.63, 3.8) is 0 Å². The van der Waals surface area contributed by atoms with Gasteiger partial charge in [0.25, 0.3) is 0 Å². The van der Waals surface area contributed by atoms with Gasteiger partial charge in [-0.25, -0.2) is 0 Å². The number of rotatable bonds is 3. The summed E-state index contributed by atoms with van der Waals surface area (Å²) in [7, 11) is 0. The van der Waals surface area contributed by atoms with Crippen molar-refractivity contribution >= 4 is 5.78 Å². The van der Waals surface area contributed by atoms with Gasteiger partial charge in [0.1, 0.15) is 6.26 Å². The fourth-order valence-corrected chi connectivity index (χ4v) is 0.758.